The van der Waals surface area contributed by atoms with Crippen LogP contribution in [0.4, 0.5) is 0 Å². The van der Waals surface area contributed by atoms with Crippen molar-refractivity contribution in [1.82, 2.24) is 5.32 Å². The first-order valence-corrected chi connectivity index (χ1v) is 5.12. The normalized spacial score (nSPS) is 25.6. The Morgan fingerprint density at radius 1 is 1.36 bits per heavy atom. The third-order valence-electron chi connectivity index (χ3n) is 2.42. The van der Waals surface area contributed by atoms with Gasteiger partial charge < -0.3 is 10.1 Å². The Morgan fingerprint density at radius 3 is 2.64 bits per heavy atom. The monoisotopic (exact) mass is 229 g/mol. The van der Waals surface area contributed by atoms with Crippen LogP contribution in [0.15, 0.2) is 18.2 Å². The third-order valence-corrected chi connectivity index (χ3v) is 3.15. The standard InChI is InChI=1S/C10H9Cl2NO/c11-8-2-1-6(3-9(8)12)10-4-7(5-14)13-10/h1-3,5,7,10,13H,4H2. The van der Waals surface area contributed by atoms with Crippen LogP contribution in [-0.2, 0) is 4.79 Å². The van der Waals surface area contributed by atoms with E-state index in [-0.39, 0.29) is 12.1 Å². The van der Waals surface area contributed by atoms with Crippen LogP contribution in [0.5, 0.6) is 0 Å². The minimum absolute atomic E-state index is 0.00514. The minimum Gasteiger partial charge on any atom is -0.302 e. The van der Waals surface area contributed by atoms with Gasteiger partial charge in [0.2, 0.25) is 0 Å². The lowest BCUT2D eigenvalue weighted by Gasteiger charge is -2.34. The van der Waals surface area contributed by atoms with Crippen molar-refractivity contribution in [2.24, 2.45) is 0 Å². The molecule has 1 N–H and O–H groups in total. The van der Waals surface area contributed by atoms with Crippen LogP contribution in [0.1, 0.15) is 18.0 Å². The van der Waals surface area contributed by atoms with Crippen molar-refractivity contribution in [3.05, 3.63) is 33.8 Å². The van der Waals surface area contributed by atoms with Gasteiger partial charge in [0, 0.05) is 6.04 Å². The number of carbonyl (C=O) groups is 1. The predicted octanol–water partition coefficient (Wildman–Crippen LogP) is 2.60. The van der Waals surface area contributed by atoms with Crippen LogP contribution in [0.25, 0.3) is 0 Å². The van der Waals surface area contributed by atoms with Gasteiger partial charge in [-0.25, -0.2) is 0 Å². The van der Waals surface area contributed by atoms with Crippen molar-refractivity contribution in [1.29, 1.82) is 0 Å². The van der Waals surface area contributed by atoms with Crippen molar-refractivity contribution in [3.63, 3.8) is 0 Å². The largest absolute Gasteiger partial charge is 0.302 e. The molecule has 2 rings (SSSR count). The molecule has 1 aromatic rings. The fourth-order valence-corrected chi connectivity index (χ4v) is 1.85. The van der Waals surface area contributed by atoms with Gasteiger partial charge in [0.05, 0.1) is 16.1 Å². The summed E-state index contributed by atoms with van der Waals surface area (Å²) in [7, 11) is 0. The molecule has 2 unspecified atom stereocenters. The van der Waals surface area contributed by atoms with E-state index in [4.69, 9.17) is 23.2 Å². The molecular weight excluding hydrogens is 221 g/mol. The van der Waals surface area contributed by atoms with E-state index in [1.165, 1.54) is 0 Å². The molecule has 0 spiro atoms. The lowest BCUT2D eigenvalue weighted by atomic mass is 9.92. The number of aldehydes is 1. The van der Waals surface area contributed by atoms with Crippen LogP contribution in [0.2, 0.25) is 10.0 Å². The summed E-state index contributed by atoms with van der Waals surface area (Å²) in [6, 6.07) is 5.76. The Hall–Kier alpha value is -0.570. The third kappa shape index (κ3) is 1.78. The second kappa shape index (κ2) is 3.89. The Morgan fingerprint density at radius 2 is 2.07 bits per heavy atom. The fraction of sp³-hybridized carbons (Fsp3) is 0.300. The molecule has 1 heterocycles. The first-order valence-electron chi connectivity index (χ1n) is 4.37. The zero-order valence-corrected chi connectivity index (χ0v) is 8.85. The molecule has 2 nitrogen and oxygen atoms in total. The Labute approximate surface area is 92.2 Å². The molecule has 0 aromatic heterocycles. The Balaban J connectivity index is 2.11. The number of halogens is 2. The minimum atomic E-state index is -0.00514. The van der Waals surface area contributed by atoms with Crippen molar-refractivity contribution in [2.75, 3.05) is 0 Å². The first kappa shape index (κ1) is 9.97. The number of hydrogen-bond acceptors (Lipinski definition) is 2. The highest BCUT2D eigenvalue weighted by molar-refractivity contribution is 6.42. The maximum Gasteiger partial charge on any atom is 0.136 e. The van der Waals surface area contributed by atoms with E-state index in [1.54, 1.807) is 6.07 Å². The molecule has 1 aliphatic heterocycles. The van der Waals surface area contributed by atoms with Crippen molar-refractivity contribution in [3.8, 4) is 0 Å². The molecular formula is C10H9Cl2NO. The highest BCUT2D eigenvalue weighted by Gasteiger charge is 2.28. The number of benzene rings is 1. The highest BCUT2D eigenvalue weighted by Crippen LogP contribution is 2.31. The molecule has 1 fully saturated rings. The van der Waals surface area contributed by atoms with E-state index in [9.17, 15) is 4.79 Å². The maximum atomic E-state index is 10.4. The molecule has 1 aliphatic rings. The van der Waals surface area contributed by atoms with Crippen molar-refractivity contribution >= 4 is 29.5 Å². The van der Waals surface area contributed by atoms with Crippen LogP contribution in [0.3, 0.4) is 0 Å². The summed E-state index contributed by atoms with van der Waals surface area (Å²) in [4.78, 5) is 10.4. The van der Waals surface area contributed by atoms with E-state index in [0.717, 1.165) is 18.3 Å². The Bertz CT molecular complexity index is 361. The fourth-order valence-electron chi connectivity index (χ4n) is 1.54. The zero-order valence-electron chi connectivity index (χ0n) is 7.34. The number of hydrogen-bond donors (Lipinski definition) is 1. The molecule has 0 radical (unpaired) electrons. The van der Waals surface area contributed by atoms with Crippen LogP contribution < -0.4 is 5.32 Å². The highest BCUT2D eigenvalue weighted by atomic mass is 35.5. The van der Waals surface area contributed by atoms with Gasteiger partial charge in [-0.3, -0.25) is 0 Å². The Kier molecular flexibility index (Phi) is 2.77. The summed E-state index contributed by atoms with van der Waals surface area (Å²) in [6.07, 6.45) is 1.76. The summed E-state index contributed by atoms with van der Waals surface area (Å²) < 4.78 is 0. The van der Waals surface area contributed by atoms with Crippen LogP contribution >= 0.6 is 23.2 Å². The van der Waals surface area contributed by atoms with E-state index >= 15 is 0 Å². The lowest BCUT2D eigenvalue weighted by Crippen LogP contribution is -2.46. The molecule has 74 valence electrons. The van der Waals surface area contributed by atoms with E-state index in [0.29, 0.717) is 10.0 Å². The molecule has 1 saturated heterocycles. The van der Waals surface area contributed by atoms with Gasteiger partial charge in [-0.2, -0.15) is 0 Å². The molecule has 4 heteroatoms. The average Bonchev–Trinajstić information content (AvgIpc) is 2.09. The summed E-state index contributed by atoms with van der Waals surface area (Å²) in [5.74, 6) is 0. The number of nitrogens with one attached hydrogen (secondary N) is 1. The average molecular weight is 230 g/mol. The molecule has 0 aliphatic carbocycles. The predicted molar refractivity (Wildman–Crippen MR) is 56.8 cm³/mol. The summed E-state index contributed by atoms with van der Waals surface area (Å²) in [6.45, 7) is 0. The second-order valence-corrected chi connectivity index (χ2v) is 4.19. The van der Waals surface area contributed by atoms with Gasteiger partial charge in [0.15, 0.2) is 0 Å². The van der Waals surface area contributed by atoms with Crippen LogP contribution in [0, 0.1) is 0 Å². The van der Waals surface area contributed by atoms with Gasteiger partial charge in [-0.15, -0.1) is 0 Å². The van der Waals surface area contributed by atoms with Gasteiger partial charge in [-0.05, 0) is 24.1 Å². The summed E-state index contributed by atoms with van der Waals surface area (Å²) in [5.41, 5.74) is 1.08. The maximum absolute atomic E-state index is 10.4. The van der Waals surface area contributed by atoms with Gasteiger partial charge in [0.1, 0.15) is 6.29 Å². The first-order chi connectivity index (χ1) is 6.70. The van der Waals surface area contributed by atoms with Crippen molar-refractivity contribution in [2.45, 2.75) is 18.5 Å². The van der Waals surface area contributed by atoms with Gasteiger partial charge in [0.25, 0.3) is 0 Å². The number of rotatable bonds is 2. The molecule has 2 atom stereocenters. The summed E-state index contributed by atoms with van der Waals surface area (Å²) in [5, 5.41) is 4.24. The molecule has 14 heavy (non-hydrogen) atoms. The quantitative estimate of drug-likeness (QED) is 0.791. The molecule has 1 aromatic carbocycles. The number of carbonyl (C=O) groups excluding carboxylic acids is 1. The van der Waals surface area contributed by atoms with Gasteiger partial charge in [-0.1, -0.05) is 29.3 Å². The zero-order chi connectivity index (χ0) is 10.1. The summed E-state index contributed by atoms with van der Waals surface area (Å²) >= 11 is 11.7. The van der Waals surface area contributed by atoms with E-state index in [1.807, 2.05) is 12.1 Å². The smallest absolute Gasteiger partial charge is 0.136 e. The molecule has 0 amide bonds. The topological polar surface area (TPSA) is 29.1 Å². The lowest BCUT2D eigenvalue weighted by molar-refractivity contribution is -0.111. The van der Waals surface area contributed by atoms with Crippen molar-refractivity contribution < 1.29 is 4.79 Å². The molecule has 0 bridgehead atoms. The van der Waals surface area contributed by atoms with E-state index < -0.39 is 0 Å². The van der Waals surface area contributed by atoms with Gasteiger partial charge >= 0.3 is 0 Å². The SMILES string of the molecule is O=CC1CC(c2ccc(Cl)c(Cl)c2)N1. The second-order valence-electron chi connectivity index (χ2n) is 3.37. The van der Waals surface area contributed by atoms with Crippen LogP contribution in [-0.4, -0.2) is 12.3 Å². The van der Waals surface area contributed by atoms with E-state index in [2.05, 4.69) is 5.32 Å². The molecule has 0 saturated carbocycles.